The second-order valence-electron chi connectivity index (χ2n) is 8.90. The molecule has 0 spiro atoms. The summed E-state index contributed by atoms with van der Waals surface area (Å²) in [5.74, 6) is 2.55. The van der Waals surface area contributed by atoms with Crippen LogP contribution in [-0.4, -0.2) is 42.4 Å². The van der Waals surface area contributed by atoms with Crippen molar-refractivity contribution in [2.45, 2.75) is 44.6 Å². The number of hydrogen-bond donors (Lipinski definition) is 2. The lowest BCUT2D eigenvalue weighted by Crippen LogP contribution is -2.26. The van der Waals surface area contributed by atoms with E-state index in [2.05, 4.69) is 45.4 Å². The van der Waals surface area contributed by atoms with Crippen LogP contribution in [0.15, 0.2) is 66.7 Å². The number of pyridine rings is 2. The molecular formula is C28H33N5O2. The second kappa shape index (κ2) is 12.3. The first-order valence-corrected chi connectivity index (χ1v) is 12.3. The average molecular weight is 472 g/mol. The average Bonchev–Trinajstić information content (AvgIpc) is 2.92. The fourth-order valence-electron chi connectivity index (χ4n) is 4.45. The molecule has 0 radical (unpaired) electrons. The number of ether oxygens (including phenoxy) is 2. The second-order valence-corrected chi connectivity index (χ2v) is 8.90. The van der Waals surface area contributed by atoms with Gasteiger partial charge < -0.3 is 20.1 Å². The lowest BCUT2D eigenvalue weighted by atomic mass is 9.91. The van der Waals surface area contributed by atoms with Crippen LogP contribution < -0.4 is 10.6 Å². The van der Waals surface area contributed by atoms with Crippen LogP contribution in [0.3, 0.4) is 0 Å². The number of hydrogen-bond acceptors (Lipinski definition) is 7. The van der Waals surface area contributed by atoms with E-state index < -0.39 is 0 Å². The lowest BCUT2D eigenvalue weighted by molar-refractivity contribution is -0.000986. The van der Waals surface area contributed by atoms with Crippen LogP contribution >= 0.6 is 0 Å². The molecule has 2 aliphatic rings. The Balaban J connectivity index is 1.50. The Labute approximate surface area is 207 Å². The molecule has 182 valence electrons. The van der Waals surface area contributed by atoms with Crippen LogP contribution in [0.1, 0.15) is 49.7 Å². The monoisotopic (exact) mass is 471 g/mol. The fourth-order valence-corrected chi connectivity index (χ4v) is 4.45. The summed E-state index contributed by atoms with van der Waals surface area (Å²) >= 11 is 0. The summed E-state index contributed by atoms with van der Waals surface area (Å²) in [5.41, 5.74) is 3.64. The molecule has 4 heterocycles. The van der Waals surface area contributed by atoms with E-state index in [4.69, 9.17) is 9.47 Å². The summed E-state index contributed by atoms with van der Waals surface area (Å²) in [6.45, 7) is 9.28. The molecule has 2 aliphatic heterocycles. The number of anilines is 2. The first kappa shape index (κ1) is 24.6. The third-order valence-electron chi connectivity index (χ3n) is 6.46. The maximum atomic E-state index is 9.79. The molecule has 0 amide bonds. The van der Waals surface area contributed by atoms with E-state index in [1.54, 1.807) is 12.3 Å². The highest BCUT2D eigenvalue weighted by Gasteiger charge is 2.18. The highest BCUT2D eigenvalue weighted by molar-refractivity contribution is 5.70. The van der Waals surface area contributed by atoms with E-state index in [-0.39, 0.29) is 6.10 Å². The standard InChI is InChI=1S/C28H33N5O2/c1-3-26(35-25-8-14-34-15-9-25)24(19-29)16-20(2)22-6-12-31-27(17-22)33-28-18-23(7-13-32-28)21-4-10-30-11-5-21/h3,6-7,12-13,16-18,21,25,30H,1,4-5,8-11,14-15H2,2H3,(H,31,32,33). The minimum Gasteiger partial charge on any atom is -0.489 e. The first-order valence-electron chi connectivity index (χ1n) is 12.3. The summed E-state index contributed by atoms with van der Waals surface area (Å²) in [7, 11) is 0. The quantitative estimate of drug-likeness (QED) is 0.309. The Morgan fingerprint density at radius 3 is 2.57 bits per heavy atom. The third-order valence-corrected chi connectivity index (χ3v) is 6.46. The van der Waals surface area contributed by atoms with Gasteiger partial charge in [0.25, 0.3) is 0 Å². The summed E-state index contributed by atoms with van der Waals surface area (Å²) in [4.78, 5) is 8.96. The van der Waals surface area contributed by atoms with Crippen LogP contribution in [-0.2, 0) is 9.47 Å². The summed E-state index contributed by atoms with van der Waals surface area (Å²) in [6.07, 6.45) is 11.0. The predicted octanol–water partition coefficient (Wildman–Crippen LogP) is 5.25. The minimum atomic E-state index is 0.0404. The normalized spacial score (nSPS) is 18.3. The van der Waals surface area contributed by atoms with Gasteiger partial charge in [0, 0.05) is 25.2 Å². The smallest absolute Gasteiger partial charge is 0.136 e. The summed E-state index contributed by atoms with van der Waals surface area (Å²) in [5, 5.41) is 16.5. The third kappa shape index (κ3) is 6.78. The number of nitriles is 1. The molecule has 35 heavy (non-hydrogen) atoms. The molecule has 0 atom stereocenters. The van der Waals surface area contributed by atoms with Crippen molar-refractivity contribution in [2.75, 3.05) is 31.6 Å². The van der Waals surface area contributed by atoms with E-state index in [0.717, 1.165) is 55.7 Å². The van der Waals surface area contributed by atoms with Crippen LogP contribution in [0.4, 0.5) is 11.6 Å². The van der Waals surface area contributed by atoms with Crippen LogP contribution in [0, 0.1) is 11.3 Å². The minimum absolute atomic E-state index is 0.0404. The molecule has 0 aromatic carbocycles. The molecule has 2 saturated heterocycles. The summed E-state index contributed by atoms with van der Waals surface area (Å²) < 4.78 is 11.5. The van der Waals surface area contributed by atoms with Crippen molar-refractivity contribution in [3.8, 4) is 6.07 Å². The van der Waals surface area contributed by atoms with Gasteiger partial charge in [0.05, 0.1) is 18.8 Å². The van der Waals surface area contributed by atoms with Gasteiger partial charge in [-0.15, -0.1) is 0 Å². The Morgan fingerprint density at radius 1 is 1.14 bits per heavy atom. The molecule has 4 rings (SSSR count). The Kier molecular flexibility index (Phi) is 8.66. The van der Waals surface area contributed by atoms with Crippen LogP contribution in [0.5, 0.6) is 0 Å². The topological polar surface area (TPSA) is 92.1 Å². The van der Waals surface area contributed by atoms with Crippen molar-refractivity contribution in [1.82, 2.24) is 15.3 Å². The van der Waals surface area contributed by atoms with E-state index in [9.17, 15) is 5.26 Å². The van der Waals surface area contributed by atoms with Gasteiger partial charge in [0.1, 0.15) is 29.6 Å². The molecular weight excluding hydrogens is 438 g/mol. The van der Waals surface area contributed by atoms with Gasteiger partial charge in [-0.2, -0.15) is 5.26 Å². The van der Waals surface area contributed by atoms with E-state index >= 15 is 0 Å². The highest BCUT2D eigenvalue weighted by atomic mass is 16.5. The molecule has 2 fully saturated rings. The molecule has 2 aromatic heterocycles. The van der Waals surface area contributed by atoms with Crippen molar-refractivity contribution < 1.29 is 9.47 Å². The molecule has 7 nitrogen and oxygen atoms in total. The zero-order chi connectivity index (χ0) is 24.5. The number of piperidine rings is 1. The van der Waals surface area contributed by atoms with E-state index in [1.165, 1.54) is 5.56 Å². The van der Waals surface area contributed by atoms with E-state index in [1.807, 2.05) is 31.3 Å². The maximum absolute atomic E-state index is 9.79. The van der Waals surface area contributed by atoms with Gasteiger partial charge in [-0.1, -0.05) is 6.58 Å². The molecule has 0 bridgehead atoms. The Morgan fingerprint density at radius 2 is 1.86 bits per heavy atom. The van der Waals surface area contributed by atoms with Gasteiger partial charge >= 0.3 is 0 Å². The number of nitrogens with one attached hydrogen (secondary N) is 2. The molecule has 2 N–H and O–H groups in total. The Bertz CT molecular complexity index is 1120. The fraction of sp³-hybridized carbons (Fsp3) is 0.393. The van der Waals surface area contributed by atoms with Crippen molar-refractivity contribution >= 4 is 17.2 Å². The predicted molar refractivity (Wildman–Crippen MR) is 138 cm³/mol. The SMILES string of the molecule is C=CC(OC1CCOCC1)=C(C#N)C=C(C)c1ccnc(Nc2cc(C3CCNCC3)ccn2)c1. The van der Waals surface area contributed by atoms with Gasteiger partial charge in [-0.05, 0) is 91.9 Å². The van der Waals surface area contributed by atoms with Crippen molar-refractivity contribution in [3.05, 3.63) is 77.8 Å². The highest BCUT2D eigenvalue weighted by Crippen LogP contribution is 2.28. The number of aromatic nitrogens is 2. The van der Waals surface area contributed by atoms with Gasteiger partial charge in [0.2, 0.25) is 0 Å². The largest absolute Gasteiger partial charge is 0.489 e. The molecule has 0 aliphatic carbocycles. The zero-order valence-corrected chi connectivity index (χ0v) is 20.3. The molecule has 0 unspecified atom stereocenters. The molecule has 2 aromatic rings. The van der Waals surface area contributed by atoms with E-state index in [0.29, 0.717) is 36.3 Å². The van der Waals surface area contributed by atoms with Crippen LogP contribution in [0.25, 0.3) is 5.57 Å². The van der Waals surface area contributed by atoms with Gasteiger partial charge in [-0.25, -0.2) is 9.97 Å². The van der Waals surface area contributed by atoms with Crippen LogP contribution in [0.2, 0.25) is 0 Å². The lowest BCUT2D eigenvalue weighted by Gasteiger charge is -2.24. The van der Waals surface area contributed by atoms with Crippen molar-refractivity contribution in [3.63, 3.8) is 0 Å². The number of rotatable bonds is 8. The number of nitrogens with zero attached hydrogens (tertiary/aromatic N) is 3. The maximum Gasteiger partial charge on any atom is 0.136 e. The molecule has 7 heteroatoms. The number of allylic oxidation sites excluding steroid dienone is 4. The molecule has 0 saturated carbocycles. The van der Waals surface area contributed by atoms with Gasteiger partial charge in [-0.3, -0.25) is 0 Å². The van der Waals surface area contributed by atoms with Crippen molar-refractivity contribution in [1.29, 1.82) is 5.26 Å². The zero-order valence-electron chi connectivity index (χ0n) is 20.3. The van der Waals surface area contributed by atoms with Gasteiger partial charge in [0.15, 0.2) is 0 Å². The first-order chi connectivity index (χ1) is 17.2. The Hall–Kier alpha value is -3.47. The van der Waals surface area contributed by atoms with Crippen molar-refractivity contribution in [2.24, 2.45) is 0 Å². The summed E-state index contributed by atoms with van der Waals surface area (Å²) in [6, 6.07) is 10.4.